The first-order chi connectivity index (χ1) is 7.88. The van der Waals surface area contributed by atoms with E-state index in [0.717, 1.165) is 6.42 Å². The molecule has 1 aliphatic rings. The molecule has 0 heterocycles. The van der Waals surface area contributed by atoms with E-state index < -0.39 is 0 Å². The zero-order valence-corrected chi connectivity index (χ0v) is 10.1. The van der Waals surface area contributed by atoms with Crippen LogP contribution in [0, 0.1) is 0 Å². The minimum Gasteiger partial charge on any atom is -0.0769 e. The predicted molar refractivity (Wildman–Crippen MR) is 70.5 cm³/mol. The number of unbranched alkanes of at least 4 members (excludes halogenated alkanes) is 1. The maximum absolute atomic E-state index is 2.41. The van der Waals surface area contributed by atoms with E-state index in [2.05, 4.69) is 49.4 Å². The van der Waals surface area contributed by atoms with Crippen LogP contribution in [0.1, 0.15) is 38.2 Å². The van der Waals surface area contributed by atoms with Gasteiger partial charge in [-0.3, -0.25) is 0 Å². The summed E-state index contributed by atoms with van der Waals surface area (Å²) in [7, 11) is 0. The molecular formula is C16H20. The normalized spacial score (nSPS) is 14.8. The lowest BCUT2D eigenvalue weighted by Gasteiger charge is -2.00. The van der Waals surface area contributed by atoms with Gasteiger partial charge in [0.15, 0.2) is 0 Å². The molecule has 0 nitrogen and oxygen atoms in total. The molecule has 0 bridgehead atoms. The van der Waals surface area contributed by atoms with E-state index in [-0.39, 0.29) is 0 Å². The summed E-state index contributed by atoms with van der Waals surface area (Å²) >= 11 is 0. The first kappa shape index (κ1) is 11.2. The maximum atomic E-state index is 2.41. The summed E-state index contributed by atoms with van der Waals surface area (Å²) in [5.41, 5.74) is 4.53. The minimum atomic E-state index is 1.09. The summed E-state index contributed by atoms with van der Waals surface area (Å²) in [6, 6.07) is 10.7. The van der Waals surface area contributed by atoms with Gasteiger partial charge in [-0.05, 0) is 36.8 Å². The molecule has 0 aromatic heterocycles. The number of rotatable bonds is 5. The van der Waals surface area contributed by atoms with Crippen molar-refractivity contribution in [1.82, 2.24) is 0 Å². The number of allylic oxidation sites excluding steroid dienone is 4. The summed E-state index contributed by atoms with van der Waals surface area (Å²) in [4.78, 5) is 0. The molecule has 0 aliphatic heterocycles. The molecule has 0 atom stereocenters. The maximum Gasteiger partial charge on any atom is -0.00288 e. The Hall–Kier alpha value is -1.30. The first-order valence-corrected chi connectivity index (χ1v) is 6.31. The number of hydrogen-bond acceptors (Lipinski definition) is 0. The summed E-state index contributed by atoms with van der Waals surface area (Å²) in [6.07, 6.45) is 11.0. The van der Waals surface area contributed by atoms with Gasteiger partial charge in [-0.25, -0.2) is 0 Å². The van der Waals surface area contributed by atoms with Crippen molar-refractivity contribution in [2.75, 3.05) is 0 Å². The average molecular weight is 212 g/mol. The Kier molecular flexibility index (Phi) is 3.98. The second-order valence-electron chi connectivity index (χ2n) is 4.55. The Morgan fingerprint density at radius 2 is 1.94 bits per heavy atom. The number of hydrogen-bond donors (Lipinski definition) is 0. The van der Waals surface area contributed by atoms with Gasteiger partial charge in [0.05, 0.1) is 0 Å². The fraction of sp³-hybridized carbons (Fsp3) is 0.375. The van der Waals surface area contributed by atoms with Crippen LogP contribution in [0.15, 0.2) is 53.6 Å². The summed E-state index contributed by atoms with van der Waals surface area (Å²) in [5.74, 6) is 0. The molecule has 84 valence electrons. The van der Waals surface area contributed by atoms with Crippen LogP contribution < -0.4 is 0 Å². The lowest BCUT2D eigenvalue weighted by atomic mass is 10.1. The molecule has 1 aromatic carbocycles. The van der Waals surface area contributed by atoms with Gasteiger partial charge >= 0.3 is 0 Å². The third-order valence-electron chi connectivity index (χ3n) is 3.12. The topological polar surface area (TPSA) is 0 Å². The van der Waals surface area contributed by atoms with Gasteiger partial charge in [-0.15, -0.1) is 0 Å². The highest BCUT2D eigenvalue weighted by molar-refractivity contribution is 5.36. The molecule has 0 heteroatoms. The van der Waals surface area contributed by atoms with Crippen molar-refractivity contribution >= 4 is 0 Å². The Bertz CT molecular complexity index is 382. The van der Waals surface area contributed by atoms with Gasteiger partial charge in [0, 0.05) is 0 Å². The Morgan fingerprint density at radius 1 is 1.12 bits per heavy atom. The van der Waals surface area contributed by atoms with E-state index in [4.69, 9.17) is 0 Å². The van der Waals surface area contributed by atoms with E-state index in [9.17, 15) is 0 Å². The second kappa shape index (κ2) is 5.69. The summed E-state index contributed by atoms with van der Waals surface area (Å²) in [5, 5.41) is 0. The van der Waals surface area contributed by atoms with E-state index in [1.807, 2.05) is 0 Å². The summed E-state index contributed by atoms with van der Waals surface area (Å²) < 4.78 is 0. The van der Waals surface area contributed by atoms with Crippen LogP contribution in [0.5, 0.6) is 0 Å². The highest BCUT2D eigenvalue weighted by atomic mass is 14.1. The van der Waals surface area contributed by atoms with Crippen molar-refractivity contribution in [3.63, 3.8) is 0 Å². The molecule has 0 saturated heterocycles. The predicted octanol–water partition coefficient (Wildman–Crippen LogP) is 4.68. The molecule has 1 aromatic rings. The quantitative estimate of drug-likeness (QED) is 0.665. The van der Waals surface area contributed by atoms with Crippen molar-refractivity contribution in [2.24, 2.45) is 0 Å². The average Bonchev–Trinajstić information content (AvgIpc) is 2.75. The van der Waals surface area contributed by atoms with Crippen molar-refractivity contribution in [2.45, 2.75) is 39.0 Å². The fourth-order valence-corrected chi connectivity index (χ4v) is 2.18. The van der Waals surface area contributed by atoms with Gasteiger partial charge in [-0.2, -0.15) is 0 Å². The lowest BCUT2D eigenvalue weighted by molar-refractivity contribution is 0.779. The molecule has 1 aliphatic carbocycles. The van der Waals surface area contributed by atoms with Crippen LogP contribution in [0.2, 0.25) is 0 Å². The molecule has 0 radical (unpaired) electrons. The van der Waals surface area contributed by atoms with Gasteiger partial charge in [0.25, 0.3) is 0 Å². The Balaban J connectivity index is 1.90. The van der Waals surface area contributed by atoms with E-state index >= 15 is 0 Å². The molecule has 0 unspecified atom stereocenters. The van der Waals surface area contributed by atoms with Crippen LogP contribution in [-0.4, -0.2) is 0 Å². The minimum absolute atomic E-state index is 1.09. The van der Waals surface area contributed by atoms with Gasteiger partial charge in [-0.1, -0.05) is 61.4 Å². The fourth-order valence-electron chi connectivity index (χ4n) is 2.18. The van der Waals surface area contributed by atoms with Crippen molar-refractivity contribution in [3.05, 3.63) is 59.2 Å². The zero-order chi connectivity index (χ0) is 11.2. The SMILES string of the molecule is CCCCC1=CC(Cc2ccccc2)=CC1. The Morgan fingerprint density at radius 3 is 2.69 bits per heavy atom. The smallest absolute Gasteiger partial charge is 0.00288 e. The number of benzene rings is 1. The standard InChI is InChI=1S/C16H20/c1-2-3-7-15-10-11-16(13-15)12-14-8-5-4-6-9-14/h4-6,8-9,11,13H,2-3,7,10,12H2,1H3. The van der Waals surface area contributed by atoms with E-state index in [1.165, 1.54) is 36.8 Å². The Labute approximate surface area is 98.7 Å². The first-order valence-electron chi connectivity index (χ1n) is 6.31. The molecule has 0 amide bonds. The lowest BCUT2D eigenvalue weighted by Crippen LogP contribution is -1.85. The zero-order valence-electron chi connectivity index (χ0n) is 10.1. The van der Waals surface area contributed by atoms with Gasteiger partial charge in [0.1, 0.15) is 0 Å². The van der Waals surface area contributed by atoms with Crippen LogP contribution >= 0.6 is 0 Å². The molecule has 0 N–H and O–H groups in total. The van der Waals surface area contributed by atoms with Crippen LogP contribution in [0.3, 0.4) is 0 Å². The van der Waals surface area contributed by atoms with Gasteiger partial charge < -0.3 is 0 Å². The molecule has 0 saturated carbocycles. The molecule has 0 spiro atoms. The van der Waals surface area contributed by atoms with Crippen molar-refractivity contribution < 1.29 is 0 Å². The summed E-state index contributed by atoms with van der Waals surface area (Å²) in [6.45, 7) is 2.26. The third-order valence-corrected chi connectivity index (χ3v) is 3.12. The van der Waals surface area contributed by atoms with Crippen LogP contribution in [0.4, 0.5) is 0 Å². The molecule has 16 heavy (non-hydrogen) atoms. The largest absolute Gasteiger partial charge is 0.0769 e. The van der Waals surface area contributed by atoms with Crippen molar-refractivity contribution in [3.8, 4) is 0 Å². The van der Waals surface area contributed by atoms with E-state index in [0.29, 0.717) is 0 Å². The van der Waals surface area contributed by atoms with Gasteiger partial charge in [0.2, 0.25) is 0 Å². The highest BCUT2D eigenvalue weighted by Crippen LogP contribution is 2.24. The van der Waals surface area contributed by atoms with Crippen LogP contribution in [-0.2, 0) is 6.42 Å². The monoisotopic (exact) mass is 212 g/mol. The molecule has 0 fully saturated rings. The van der Waals surface area contributed by atoms with Crippen molar-refractivity contribution in [1.29, 1.82) is 0 Å². The highest BCUT2D eigenvalue weighted by Gasteiger charge is 2.06. The van der Waals surface area contributed by atoms with E-state index in [1.54, 1.807) is 5.57 Å². The molecule has 2 rings (SSSR count). The second-order valence-corrected chi connectivity index (χ2v) is 4.55. The molecular weight excluding hydrogens is 192 g/mol. The third kappa shape index (κ3) is 3.10. The van der Waals surface area contributed by atoms with Crippen LogP contribution in [0.25, 0.3) is 0 Å².